The Labute approximate surface area is 241 Å². The first-order valence-electron chi connectivity index (χ1n) is 12.6. The van der Waals surface area contributed by atoms with E-state index in [2.05, 4.69) is 31.0 Å². The van der Waals surface area contributed by atoms with Crippen molar-refractivity contribution >= 4 is 63.5 Å². The third kappa shape index (κ3) is 5.93. The van der Waals surface area contributed by atoms with Gasteiger partial charge in [0.2, 0.25) is 5.16 Å². The number of thioether (sulfide) groups is 2. The largest absolute Gasteiger partial charge is 0.477 e. The summed E-state index contributed by atoms with van der Waals surface area (Å²) in [6.45, 7) is 1.04. The molecule has 1 saturated carbocycles. The van der Waals surface area contributed by atoms with E-state index in [1.807, 2.05) is 0 Å². The van der Waals surface area contributed by atoms with Crippen LogP contribution in [0, 0.1) is 0 Å². The lowest BCUT2D eigenvalue weighted by Crippen LogP contribution is -2.71. The summed E-state index contributed by atoms with van der Waals surface area (Å²) in [5.74, 6) is -1.74. The number of aryl methyl sites for hydroxylation is 1. The maximum atomic E-state index is 13.3. The molecule has 214 valence electrons. The molecule has 2 aromatic heterocycles. The topological polar surface area (TPSA) is 217 Å². The lowest BCUT2D eigenvalue weighted by molar-refractivity contribution is -0.150. The molecule has 2 aromatic rings. The number of oxime groups is 1. The van der Waals surface area contributed by atoms with Crippen LogP contribution >= 0.6 is 34.9 Å². The molecule has 6 N–H and O–H groups in total. The standard InChI is InChI=1S/C22H28N10O5S3/c23-6-3-7-31-22(27-29-30-31)40-9-11-8-38-19-15(18(34)32(19)16(11)20(35)36)26-17(33)14(13-10-39-21(24)25-13)28-37-12-4-1-2-5-12/h10,12,15,19H,1-9,23H2,(H2,24,25)(H,26,33)(H,35,36)/t15?,19-/m1/s1. The van der Waals surface area contributed by atoms with Gasteiger partial charge in [-0.15, -0.1) is 28.2 Å². The van der Waals surface area contributed by atoms with Crippen LogP contribution < -0.4 is 16.8 Å². The van der Waals surface area contributed by atoms with Crippen LogP contribution in [0.2, 0.25) is 0 Å². The van der Waals surface area contributed by atoms with Gasteiger partial charge in [-0.25, -0.2) is 14.5 Å². The van der Waals surface area contributed by atoms with Gasteiger partial charge in [0.1, 0.15) is 28.9 Å². The monoisotopic (exact) mass is 608 g/mol. The number of nitrogens with one attached hydrogen (secondary N) is 1. The van der Waals surface area contributed by atoms with Crippen LogP contribution in [0.4, 0.5) is 5.13 Å². The Morgan fingerprint density at radius 2 is 2.12 bits per heavy atom. The molecule has 5 rings (SSSR count). The minimum absolute atomic E-state index is 0.0784. The minimum Gasteiger partial charge on any atom is -0.477 e. The second-order valence-electron chi connectivity index (χ2n) is 9.26. The average Bonchev–Trinajstić information content (AvgIpc) is 3.71. The first-order valence-corrected chi connectivity index (χ1v) is 15.5. The molecule has 1 aliphatic carbocycles. The zero-order valence-corrected chi connectivity index (χ0v) is 23.7. The first-order chi connectivity index (χ1) is 19.4. The number of nitrogens with zero attached hydrogens (tertiary/aromatic N) is 7. The van der Waals surface area contributed by atoms with Gasteiger partial charge in [-0.2, -0.15) is 0 Å². The normalized spacial score (nSPS) is 21.4. The fourth-order valence-electron chi connectivity index (χ4n) is 4.56. The Morgan fingerprint density at radius 3 is 2.83 bits per heavy atom. The summed E-state index contributed by atoms with van der Waals surface area (Å²) in [6, 6.07) is -0.933. The van der Waals surface area contributed by atoms with E-state index in [-0.39, 0.29) is 34.1 Å². The van der Waals surface area contributed by atoms with Gasteiger partial charge in [-0.1, -0.05) is 16.9 Å². The first kappa shape index (κ1) is 28.3. The third-order valence-corrected chi connectivity index (χ3v) is 9.62. The molecule has 2 amide bonds. The molecule has 2 fully saturated rings. The van der Waals surface area contributed by atoms with Gasteiger partial charge in [-0.05, 0) is 54.6 Å². The number of carboxylic acid groups (broad SMARTS) is 1. The number of rotatable bonds is 12. The molecular weight excluding hydrogens is 581 g/mol. The third-order valence-electron chi connectivity index (χ3n) is 6.56. The van der Waals surface area contributed by atoms with Gasteiger partial charge in [0, 0.05) is 23.4 Å². The van der Waals surface area contributed by atoms with Crippen molar-refractivity contribution in [3.63, 3.8) is 0 Å². The number of tetrazole rings is 1. The number of aliphatic carboxylic acids is 1. The van der Waals surface area contributed by atoms with Crippen molar-refractivity contribution < 1.29 is 24.3 Å². The van der Waals surface area contributed by atoms with E-state index < -0.39 is 29.2 Å². The van der Waals surface area contributed by atoms with Crippen LogP contribution in [0.1, 0.15) is 37.8 Å². The molecule has 1 unspecified atom stereocenters. The van der Waals surface area contributed by atoms with Crippen LogP contribution in [-0.4, -0.2) is 94.3 Å². The van der Waals surface area contributed by atoms with Gasteiger partial charge in [0.25, 0.3) is 11.8 Å². The second kappa shape index (κ2) is 12.5. The number of nitrogen functional groups attached to an aromatic ring is 1. The van der Waals surface area contributed by atoms with E-state index in [1.165, 1.54) is 28.4 Å². The van der Waals surface area contributed by atoms with E-state index in [9.17, 15) is 19.5 Å². The number of fused-ring (bicyclic) bond motifs is 1. The lowest BCUT2D eigenvalue weighted by Gasteiger charge is -2.49. The van der Waals surface area contributed by atoms with Crippen LogP contribution in [0.3, 0.4) is 0 Å². The number of carbonyl (C=O) groups excluding carboxylic acids is 2. The molecule has 0 bridgehead atoms. The summed E-state index contributed by atoms with van der Waals surface area (Å²) in [4.78, 5) is 49.6. The van der Waals surface area contributed by atoms with E-state index in [0.29, 0.717) is 36.0 Å². The number of carbonyl (C=O) groups is 3. The Bertz CT molecular complexity index is 1340. The maximum absolute atomic E-state index is 13.3. The highest BCUT2D eigenvalue weighted by molar-refractivity contribution is 8.01. The summed E-state index contributed by atoms with van der Waals surface area (Å²) >= 11 is 3.82. The number of aromatic nitrogens is 5. The number of β-lactam (4-membered cyclic amide) rings is 1. The predicted molar refractivity (Wildman–Crippen MR) is 148 cm³/mol. The van der Waals surface area contributed by atoms with E-state index in [0.717, 1.165) is 37.0 Å². The van der Waals surface area contributed by atoms with Crippen LogP contribution in [0.5, 0.6) is 0 Å². The summed E-state index contributed by atoms with van der Waals surface area (Å²) < 4.78 is 1.61. The Morgan fingerprint density at radius 1 is 1.32 bits per heavy atom. The summed E-state index contributed by atoms with van der Waals surface area (Å²) in [5, 5.41) is 30.2. The second-order valence-corrected chi connectivity index (χ2v) is 12.2. The molecule has 2 atom stereocenters. The van der Waals surface area contributed by atoms with Crippen molar-refractivity contribution in [2.45, 2.75) is 61.3 Å². The van der Waals surface area contributed by atoms with Crippen molar-refractivity contribution in [2.24, 2.45) is 10.9 Å². The highest BCUT2D eigenvalue weighted by Gasteiger charge is 2.54. The van der Waals surface area contributed by atoms with Crippen LogP contribution in [0.25, 0.3) is 0 Å². The Hall–Kier alpha value is -3.22. The Balaban J connectivity index is 1.28. The number of hydrogen-bond acceptors (Lipinski definition) is 14. The molecule has 15 nitrogen and oxygen atoms in total. The number of hydrogen-bond donors (Lipinski definition) is 4. The van der Waals surface area contributed by atoms with Gasteiger partial charge >= 0.3 is 5.97 Å². The van der Waals surface area contributed by atoms with Gasteiger partial charge < -0.3 is 26.7 Å². The molecule has 0 radical (unpaired) electrons. The average molecular weight is 609 g/mol. The summed E-state index contributed by atoms with van der Waals surface area (Å²) in [5.41, 5.74) is 12.0. The summed E-state index contributed by atoms with van der Waals surface area (Å²) in [7, 11) is 0. The van der Waals surface area contributed by atoms with Crippen LogP contribution in [-0.2, 0) is 25.8 Å². The number of carboxylic acids is 1. The van der Waals surface area contributed by atoms with Gasteiger partial charge in [0.05, 0.1) is 0 Å². The molecular formula is C22H28N10O5S3. The number of thiazole rings is 1. The number of anilines is 1. The van der Waals surface area contributed by atoms with Crippen LogP contribution in [0.15, 0.2) is 27.0 Å². The van der Waals surface area contributed by atoms with Gasteiger partial charge in [-0.3, -0.25) is 14.5 Å². The lowest BCUT2D eigenvalue weighted by atomic mass is 10.0. The Kier molecular flexibility index (Phi) is 8.87. The van der Waals surface area contributed by atoms with Gasteiger partial charge in [0.15, 0.2) is 10.8 Å². The summed E-state index contributed by atoms with van der Waals surface area (Å²) in [6.07, 6.45) is 4.37. The molecule has 2 aliphatic heterocycles. The van der Waals surface area contributed by atoms with Crippen molar-refractivity contribution in [3.8, 4) is 0 Å². The molecule has 0 aromatic carbocycles. The maximum Gasteiger partial charge on any atom is 0.352 e. The minimum atomic E-state index is -1.22. The SMILES string of the molecule is NCCCn1nnnc1SCC1=C(C(=O)O)N2C(=O)C(NC(=O)C(=NOC3CCCC3)c3csc(N)n3)[C@H]2SC1. The highest BCUT2D eigenvalue weighted by Crippen LogP contribution is 2.41. The fraction of sp³-hybridized carbons (Fsp3) is 0.545. The molecule has 40 heavy (non-hydrogen) atoms. The number of nitrogens with two attached hydrogens (primary N) is 2. The fourth-order valence-corrected chi connectivity index (χ4v) is 7.49. The molecule has 4 heterocycles. The zero-order valence-electron chi connectivity index (χ0n) is 21.3. The molecule has 18 heteroatoms. The van der Waals surface area contributed by atoms with E-state index in [4.69, 9.17) is 16.3 Å². The zero-order chi connectivity index (χ0) is 28.2. The van der Waals surface area contributed by atoms with E-state index in [1.54, 1.807) is 10.1 Å². The number of amides is 2. The molecule has 0 spiro atoms. The quantitative estimate of drug-likeness (QED) is 0.110. The van der Waals surface area contributed by atoms with Crippen molar-refractivity contribution in [2.75, 3.05) is 23.8 Å². The predicted octanol–water partition coefficient (Wildman–Crippen LogP) is 0.255. The van der Waals surface area contributed by atoms with Crippen molar-refractivity contribution in [1.29, 1.82) is 0 Å². The molecule has 1 saturated heterocycles. The van der Waals surface area contributed by atoms with Crippen molar-refractivity contribution in [1.82, 2.24) is 35.4 Å². The van der Waals surface area contributed by atoms with E-state index >= 15 is 0 Å². The van der Waals surface area contributed by atoms with Crippen molar-refractivity contribution in [3.05, 3.63) is 22.3 Å². The smallest absolute Gasteiger partial charge is 0.352 e. The molecule has 3 aliphatic rings. The highest BCUT2D eigenvalue weighted by atomic mass is 32.2.